The number of rotatable bonds is 13. The van der Waals surface area contributed by atoms with Crippen LogP contribution in [0.25, 0.3) is 0 Å². The van der Waals surface area contributed by atoms with Crippen LogP contribution in [0.2, 0.25) is 0 Å². The van der Waals surface area contributed by atoms with E-state index in [-0.39, 0.29) is 17.0 Å². The van der Waals surface area contributed by atoms with Gasteiger partial charge in [-0.05, 0) is 101 Å². The highest BCUT2D eigenvalue weighted by Gasteiger charge is 2.17. The van der Waals surface area contributed by atoms with Crippen LogP contribution in [0.5, 0.6) is 0 Å². The maximum absolute atomic E-state index is 12.2. The van der Waals surface area contributed by atoms with Crippen molar-refractivity contribution in [2.75, 3.05) is 0 Å². The number of aromatic carboxylic acids is 1. The van der Waals surface area contributed by atoms with Crippen LogP contribution in [0.4, 0.5) is 0 Å². The normalized spacial score (nSPS) is 12.7. The van der Waals surface area contributed by atoms with Gasteiger partial charge in [0.25, 0.3) is 5.91 Å². The van der Waals surface area contributed by atoms with Crippen molar-refractivity contribution >= 4 is 17.8 Å². The van der Waals surface area contributed by atoms with E-state index in [1.165, 1.54) is 35.4 Å². The lowest BCUT2D eigenvalue weighted by Crippen LogP contribution is -2.44. The van der Waals surface area contributed by atoms with E-state index >= 15 is 0 Å². The summed E-state index contributed by atoms with van der Waals surface area (Å²) in [6.45, 7) is 23.2. The molecule has 7 heteroatoms. The molecule has 2 amide bonds. The van der Waals surface area contributed by atoms with Crippen LogP contribution in [0.1, 0.15) is 95.4 Å². The summed E-state index contributed by atoms with van der Waals surface area (Å²) in [5.74, 6) is -1.88. The standard InChI is InChI=1S/C18H23N3O4.C15H22.C2H6/c1-4-15(10-5-11(2)19)21-16(22)12(3)20-17(23)13-6-8-14(9-7-13)18(24)25;1-6-9-10-15(8-3)14(5)12-11-13(4)7-2;1-2/h5-10,12H,4,19H2,1-3H3,(H,20,23)(H,21,22)(H,24,25);6-8,11-12H,1,5,9-10H2,2-4H3;1-2H3/b11-5+,15-10+;12-11-,13-7-,15-8+;. The highest BCUT2D eigenvalue weighted by molar-refractivity contribution is 5.98. The number of carboxylic acids is 1. The molecular weight excluding hydrogens is 526 g/mol. The first-order valence-electron chi connectivity index (χ1n) is 14.2. The molecule has 0 spiro atoms. The quantitative estimate of drug-likeness (QED) is 0.141. The highest BCUT2D eigenvalue weighted by Crippen LogP contribution is 2.16. The number of amides is 2. The zero-order valence-electron chi connectivity index (χ0n) is 26.7. The molecule has 7 nitrogen and oxygen atoms in total. The van der Waals surface area contributed by atoms with Gasteiger partial charge in [-0.1, -0.05) is 63.3 Å². The van der Waals surface area contributed by atoms with E-state index in [1.54, 1.807) is 26.0 Å². The number of nitrogens with two attached hydrogens (primary N) is 1. The van der Waals surface area contributed by atoms with Crippen LogP contribution in [0.15, 0.2) is 108 Å². The number of nitrogens with one attached hydrogen (secondary N) is 2. The van der Waals surface area contributed by atoms with Crippen molar-refractivity contribution in [3.63, 3.8) is 0 Å². The first-order valence-corrected chi connectivity index (χ1v) is 14.2. The van der Waals surface area contributed by atoms with Gasteiger partial charge in [0, 0.05) is 17.0 Å². The van der Waals surface area contributed by atoms with Gasteiger partial charge in [-0.2, -0.15) is 0 Å². The van der Waals surface area contributed by atoms with E-state index in [4.69, 9.17) is 10.8 Å². The zero-order valence-corrected chi connectivity index (χ0v) is 26.7. The largest absolute Gasteiger partial charge is 0.478 e. The second-order valence-corrected chi connectivity index (χ2v) is 9.06. The fraction of sp³-hybridized carbons (Fsp3) is 0.343. The topological polar surface area (TPSA) is 122 Å². The Labute approximate surface area is 253 Å². The molecule has 0 aliphatic rings. The molecule has 0 heterocycles. The van der Waals surface area contributed by atoms with Gasteiger partial charge in [0.2, 0.25) is 5.91 Å². The number of carboxylic acid groups (broad SMARTS) is 1. The van der Waals surface area contributed by atoms with E-state index in [0.29, 0.717) is 17.8 Å². The maximum Gasteiger partial charge on any atom is 0.335 e. The van der Waals surface area contributed by atoms with Gasteiger partial charge in [-0.15, -0.1) is 6.58 Å². The Morgan fingerprint density at radius 2 is 1.57 bits per heavy atom. The fourth-order valence-electron chi connectivity index (χ4n) is 3.04. The molecule has 0 saturated heterocycles. The van der Waals surface area contributed by atoms with E-state index in [9.17, 15) is 14.4 Å². The van der Waals surface area contributed by atoms with Crippen LogP contribution >= 0.6 is 0 Å². The van der Waals surface area contributed by atoms with E-state index in [0.717, 1.165) is 18.4 Å². The summed E-state index contributed by atoms with van der Waals surface area (Å²) in [5, 5.41) is 14.2. The number of hydrogen-bond acceptors (Lipinski definition) is 4. The van der Waals surface area contributed by atoms with Crippen molar-refractivity contribution < 1.29 is 19.5 Å². The molecule has 1 rings (SSSR count). The summed E-state index contributed by atoms with van der Waals surface area (Å²) in [4.78, 5) is 35.1. The molecule has 0 aliphatic heterocycles. The Morgan fingerprint density at radius 3 is 2.02 bits per heavy atom. The van der Waals surface area contributed by atoms with Gasteiger partial charge in [0.1, 0.15) is 6.04 Å². The molecule has 0 radical (unpaired) electrons. The Morgan fingerprint density at radius 1 is 1.00 bits per heavy atom. The SMILES string of the molecule is C=CCC/C(=C\C)C(=C)/C=C\C(C)=C/C.CC.CC/C(=C\C=C(/C)N)NC(=O)C(C)NC(=O)c1ccc(C(=O)O)cc1. The summed E-state index contributed by atoms with van der Waals surface area (Å²) in [6.07, 6.45) is 16.4. The minimum absolute atomic E-state index is 0.0864. The fourth-order valence-corrected chi connectivity index (χ4v) is 3.04. The maximum atomic E-state index is 12.2. The van der Waals surface area contributed by atoms with Crippen molar-refractivity contribution in [2.24, 2.45) is 5.73 Å². The highest BCUT2D eigenvalue weighted by atomic mass is 16.4. The lowest BCUT2D eigenvalue weighted by atomic mass is 10.0. The van der Waals surface area contributed by atoms with Crippen molar-refractivity contribution in [1.82, 2.24) is 10.6 Å². The molecule has 1 unspecified atom stereocenters. The summed E-state index contributed by atoms with van der Waals surface area (Å²) >= 11 is 0. The van der Waals surface area contributed by atoms with Crippen molar-refractivity contribution in [3.8, 4) is 0 Å². The van der Waals surface area contributed by atoms with Crippen LogP contribution in [0, 0.1) is 0 Å². The number of carbonyl (C=O) groups excluding carboxylic acids is 2. The lowest BCUT2D eigenvalue weighted by Gasteiger charge is -2.15. The van der Waals surface area contributed by atoms with E-state index in [2.05, 4.69) is 61.9 Å². The molecule has 230 valence electrons. The van der Waals surface area contributed by atoms with Gasteiger partial charge in [-0.3, -0.25) is 9.59 Å². The Kier molecular flexibility index (Phi) is 22.1. The predicted molar refractivity (Wildman–Crippen MR) is 177 cm³/mol. The number of carbonyl (C=O) groups is 3. The van der Waals surface area contributed by atoms with Gasteiger partial charge >= 0.3 is 5.97 Å². The van der Waals surface area contributed by atoms with Crippen LogP contribution in [-0.2, 0) is 4.79 Å². The van der Waals surface area contributed by atoms with Gasteiger partial charge in [-0.25, -0.2) is 4.79 Å². The number of allylic oxidation sites excluding steroid dienone is 12. The molecule has 0 saturated carbocycles. The second-order valence-electron chi connectivity index (χ2n) is 9.06. The minimum atomic E-state index is -1.07. The average Bonchev–Trinajstić information content (AvgIpc) is 2.99. The minimum Gasteiger partial charge on any atom is -0.478 e. The molecule has 1 aromatic carbocycles. The summed E-state index contributed by atoms with van der Waals surface area (Å²) in [6, 6.07) is 4.71. The van der Waals surface area contributed by atoms with E-state index < -0.39 is 17.9 Å². The average molecular weight is 578 g/mol. The molecule has 0 aromatic heterocycles. The van der Waals surface area contributed by atoms with Crippen LogP contribution in [0.3, 0.4) is 0 Å². The van der Waals surface area contributed by atoms with Gasteiger partial charge < -0.3 is 21.5 Å². The third-order valence-corrected chi connectivity index (χ3v) is 5.73. The van der Waals surface area contributed by atoms with Crippen LogP contribution in [-0.4, -0.2) is 28.9 Å². The molecule has 0 bridgehead atoms. The van der Waals surface area contributed by atoms with Crippen molar-refractivity contribution in [1.29, 1.82) is 0 Å². The first kappa shape index (κ1) is 39.8. The zero-order chi connectivity index (χ0) is 32.7. The third-order valence-electron chi connectivity index (χ3n) is 5.73. The monoisotopic (exact) mass is 577 g/mol. The summed E-state index contributed by atoms with van der Waals surface area (Å²) < 4.78 is 0. The van der Waals surface area contributed by atoms with Crippen molar-refractivity contribution in [3.05, 3.63) is 119 Å². The predicted octanol–water partition coefficient (Wildman–Crippen LogP) is 7.78. The molecule has 1 aromatic rings. The third kappa shape index (κ3) is 17.3. The first-order chi connectivity index (χ1) is 19.9. The van der Waals surface area contributed by atoms with Crippen LogP contribution < -0.4 is 16.4 Å². The molecule has 0 aliphatic carbocycles. The van der Waals surface area contributed by atoms with Gasteiger partial charge in [0.15, 0.2) is 0 Å². The Bertz CT molecular complexity index is 1180. The molecule has 42 heavy (non-hydrogen) atoms. The van der Waals surface area contributed by atoms with Gasteiger partial charge in [0.05, 0.1) is 5.56 Å². The lowest BCUT2D eigenvalue weighted by molar-refractivity contribution is -0.121. The molecule has 0 fully saturated rings. The van der Waals surface area contributed by atoms with E-state index in [1.807, 2.05) is 33.8 Å². The Hall–Kier alpha value is -4.39. The summed E-state index contributed by atoms with van der Waals surface area (Å²) in [5.41, 5.74) is 10.9. The summed E-state index contributed by atoms with van der Waals surface area (Å²) in [7, 11) is 0. The smallest absolute Gasteiger partial charge is 0.335 e. The molecule has 1 atom stereocenters. The number of hydrogen-bond donors (Lipinski definition) is 4. The Balaban J connectivity index is 0. The number of benzene rings is 1. The molecular formula is C35H51N3O4. The molecule has 5 N–H and O–H groups in total. The second kappa shape index (κ2) is 23.3. The van der Waals surface area contributed by atoms with Crippen molar-refractivity contribution in [2.45, 2.75) is 80.7 Å².